The van der Waals surface area contributed by atoms with E-state index in [1.165, 1.54) is 0 Å². The van der Waals surface area contributed by atoms with Gasteiger partial charge in [-0.15, -0.1) is 12.4 Å². The van der Waals surface area contributed by atoms with E-state index in [1.54, 1.807) is 29.2 Å². The number of nitrogens with two attached hydrogens (primary N) is 1. The molecule has 1 fully saturated rings. The second kappa shape index (κ2) is 8.37. The van der Waals surface area contributed by atoms with Crippen LogP contribution >= 0.6 is 24.0 Å². The van der Waals surface area contributed by atoms with Gasteiger partial charge in [-0.1, -0.05) is 11.6 Å². The zero-order chi connectivity index (χ0) is 14.5. The molecular weight excluding hydrogens is 311 g/mol. The van der Waals surface area contributed by atoms with E-state index in [2.05, 4.69) is 0 Å². The predicted molar refractivity (Wildman–Crippen MR) is 86.1 cm³/mol. The van der Waals surface area contributed by atoms with E-state index in [0.717, 1.165) is 19.4 Å². The molecule has 2 N–H and O–H groups in total. The summed E-state index contributed by atoms with van der Waals surface area (Å²) in [5.41, 5.74) is 6.45. The number of Topliss-reactive ketones (excluding diaryl/α,β-unsaturated/α-hetero) is 1. The Morgan fingerprint density at radius 1 is 1.24 bits per heavy atom. The molecule has 0 radical (unpaired) electrons. The third kappa shape index (κ3) is 5.30. The van der Waals surface area contributed by atoms with Crippen molar-refractivity contribution in [2.45, 2.75) is 31.7 Å². The molecule has 0 bridgehead atoms. The van der Waals surface area contributed by atoms with Crippen molar-refractivity contribution in [1.29, 1.82) is 0 Å². The molecular formula is C15H20Cl2N2O2. The average molecular weight is 331 g/mol. The zero-order valence-corrected chi connectivity index (χ0v) is 13.3. The first-order chi connectivity index (χ1) is 9.56. The maximum absolute atomic E-state index is 12.0. The molecule has 0 aliphatic carbocycles. The summed E-state index contributed by atoms with van der Waals surface area (Å²) in [5, 5.41) is 0.597. The van der Waals surface area contributed by atoms with Gasteiger partial charge in [-0.25, -0.2) is 0 Å². The molecule has 1 unspecified atom stereocenters. The van der Waals surface area contributed by atoms with Crippen LogP contribution in [0.2, 0.25) is 5.02 Å². The van der Waals surface area contributed by atoms with Crippen LogP contribution in [0.15, 0.2) is 24.3 Å². The molecule has 1 atom stereocenters. The first-order valence-electron chi connectivity index (χ1n) is 6.88. The van der Waals surface area contributed by atoms with E-state index in [9.17, 15) is 9.59 Å². The average Bonchev–Trinajstić information content (AvgIpc) is 2.45. The Hall–Kier alpha value is -1.10. The van der Waals surface area contributed by atoms with Gasteiger partial charge in [-0.05, 0) is 37.1 Å². The third-order valence-electron chi connectivity index (χ3n) is 3.54. The Bertz CT molecular complexity index is 491. The Balaban J connectivity index is 0.00000220. The van der Waals surface area contributed by atoms with E-state index < -0.39 is 0 Å². The van der Waals surface area contributed by atoms with E-state index in [-0.39, 0.29) is 43.0 Å². The van der Waals surface area contributed by atoms with Gasteiger partial charge in [0, 0.05) is 42.6 Å². The van der Waals surface area contributed by atoms with Gasteiger partial charge in [0.05, 0.1) is 0 Å². The van der Waals surface area contributed by atoms with Crippen molar-refractivity contribution in [3.05, 3.63) is 34.9 Å². The van der Waals surface area contributed by atoms with Crippen molar-refractivity contribution in [2.24, 2.45) is 5.73 Å². The minimum Gasteiger partial charge on any atom is -0.341 e. The zero-order valence-electron chi connectivity index (χ0n) is 11.8. The molecule has 6 heteroatoms. The van der Waals surface area contributed by atoms with Crippen molar-refractivity contribution in [3.63, 3.8) is 0 Å². The second-order valence-electron chi connectivity index (χ2n) is 5.17. The fraction of sp³-hybridized carbons (Fsp3) is 0.467. The lowest BCUT2D eigenvalue weighted by Crippen LogP contribution is -2.45. The number of likely N-dealkylation sites (tertiary alicyclic amines) is 1. The Morgan fingerprint density at radius 3 is 2.52 bits per heavy atom. The quantitative estimate of drug-likeness (QED) is 0.863. The number of benzene rings is 1. The molecule has 1 heterocycles. The fourth-order valence-corrected chi connectivity index (χ4v) is 2.52. The van der Waals surface area contributed by atoms with Crippen LogP contribution in [-0.4, -0.2) is 35.7 Å². The highest BCUT2D eigenvalue weighted by Gasteiger charge is 2.21. The minimum atomic E-state index is -0.0312. The number of halogens is 2. The number of carbonyl (C=O) groups is 2. The lowest BCUT2D eigenvalue weighted by Gasteiger charge is -2.30. The van der Waals surface area contributed by atoms with E-state index in [4.69, 9.17) is 17.3 Å². The molecule has 2 rings (SSSR count). The summed E-state index contributed by atoms with van der Waals surface area (Å²) in [7, 11) is 0. The third-order valence-corrected chi connectivity index (χ3v) is 3.79. The molecule has 1 aromatic rings. The normalized spacial score (nSPS) is 18.0. The number of ketones is 1. The number of amides is 1. The molecule has 1 aliphatic heterocycles. The highest BCUT2D eigenvalue weighted by Crippen LogP contribution is 2.14. The summed E-state index contributed by atoms with van der Waals surface area (Å²) in [6.45, 7) is 1.36. The summed E-state index contributed by atoms with van der Waals surface area (Å²) in [6.07, 6.45) is 2.38. The Morgan fingerprint density at radius 2 is 1.90 bits per heavy atom. The largest absolute Gasteiger partial charge is 0.341 e. The molecule has 116 valence electrons. The van der Waals surface area contributed by atoms with Crippen molar-refractivity contribution in [1.82, 2.24) is 4.90 Å². The predicted octanol–water partition coefficient (Wildman–Crippen LogP) is 2.67. The van der Waals surface area contributed by atoms with Crippen LogP contribution < -0.4 is 5.73 Å². The molecule has 4 nitrogen and oxygen atoms in total. The van der Waals surface area contributed by atoms with Crippen LogP contribution in [0.25, 0.3) is 0 Å². The first-order valence-corrected chi connectivity index (χ1v) is 7.26. The van der Waals surface area contributed by atoms with Gasteiger partial charge in [0.25, 0.3) is 0 Å². The van der Waals surface area contributed by atoms with Gasteiger partial charge < -0.3 is 10.6 Å². The van der Waals surface area contributed by atoms with Crippen LogP contribution in [-0.2, 0) is 4.79 Å². The van der Waals surface area contributed by atoms with Crippen molar-refractivity contribution < 1.29 is 9.59 Å². The number of carbonyl (C=O) groups excluding carboxylic acids is 2. The molecule has 0 saturated carbocycles. The van der Waals surface area contributed by atoms with Crippen LogP contribution in [0.1, 0.15) is 36.0 Å². The molecule has 1 aliphatic rings. The molecule has 0 spiro atoms. The maximum Gasteiger partial charge on any atom is 0.223 e. The summed E-state index contributed by atoms with van der Waals surface area (Å²) in [4.78, 5) is 25.8. The minimum absolute atomic E-state index is 0. The lowest BCUT2D eigenvalue weighted by molar-refractivity contribution is -0.132. The monoisotopic (exact) mass is 330 g/mol. The number of hydrogen-bond acceptors (Lipinski definition) is 3. The Labute approximate surface area is 136 Å². The highest BCUT2D eigenvalue weighted by atomic mass is 35.5. The topological polar surface area (TPSA) is 63.4 Å². The van der Waals surface area contributed by atoms with Crippen LogP contribution in [0.5, 0.6) is 0 Å². The van der Waals surface area contributed by atoms with Gasteiger partial charge >= 0.3 is 0 Å². The smallest absolute Gasteiger partial charge is 0.223 e. The lowest BCUT2D eigenvalue weighted by atomic mass is 10.0. The molecule has 1 aromatic carbocycles. The highest BCUT2D eigenvalue weighted by molar-refractivity contribution is 6.30. The first kappa shape index (κ1) is 18.0. The maximum atomic E-state index is 12.0. The summed E-state index contributed by atoms with van der Waals surface area (Å²) < 4.78 is 0. The summed E-state index contributed by atoms with van der Waals surface area (Å²) >= 11 is 5.78. The Kier molecular flexibility index (Phi) is 7.15. The van der Waals surface area contributed by atoms with Crippen molar-refractivity contribution in [3.8, 4) is 0 Å². The number of hydrogen-bond donors (Lipinski definition) is 1. The number of piperidine rings is 1. The molecule has 0 aromatic heterocycles. The summed E-state index contributed by atoms with van der Waals surface area (Å²) in [5.74, 6) is -0.0150. The number of rotatable bonds is 4. The molecule has 21 heavy (non-hydrogen) atoms. The van der Waals surface area contributed by atoms with E-state index >= 15 is 0 Å². The van der Waals surface area contributed by atoms with Crippen molar-refractivity contribution >= 4 is 35.7 Å². The van der Waals surface area contributed by atoms with Crippen LogP contribution in [0.3, 0.4) is 0 Å². The standard InChI is InChI=1S/C15H19ClN2O2.ClH/c16-12-5-3-11(4-6-12)14(19)7-8-15(20)18-9-1-2-13(17)10-18;/h3-6,13H,1-2,7-10,17H2;1H. The SMILES string of the molecule is Cl.NC1CCCN(C(=O)CCC(=O)c2ccc(Cl)cc2)C1. The van der Waals surface area contributed by atoms with Gasteiger partial charge in [0.2, 0.25) is 5.91 Å². The second-order valence-corrected chi connectivity index (χ2v) is 5.61. The van der Waals surface area contributed by atoms with E-state index in [1.807, 2.05) is 0 Å². The van der Waals surface area contributed by atoms with Crippen molar-refractivity contribution in [2.75, 3.05) is 13.1 Å². The van der Waals surface area contributed by atoms with Gasteiger partial charge in [-0.2, -0.15) is 0 Å². The van der Waals surface area contributed by atoms with Gasteiger partial charge in [0.1, 0.15) is 0 Å². The fourth-order valence-electron chi connectivity index (χ4n) is 2.40. The molecule has 1 amide bonds. The van der Waals surface area contributed by atoms with Gasteiger partial charge in [-0.3, -0.25) is 9.59 Å². The van der Waals surface area contributed by atoms with Crippen LogP contribution in [0.4, 0.5) is 0 Å². The van der Waals surface area contributed by atoms with Crippen LogP contribution in [0, 0.1) is 0 Å². The van der Waals surface area contributed by atoms with E-state index in [0.29, 0.717) is 17.1 Å². The summed E-state index contributed by atoms with van der Waals surface area (Å²) in [6, 6.07) is 6.80. The number of nitrogens with zero attached hydrogens (tertiary/aromatic N) is 1. The molecule has 1 saturated heterocycles. The van der Waals surface area contributed by atoms with Gasteiger partial charge in [0.15, 0.2) is 5.78 Å².